The van der Waals surface area contributed by atoms with Crippen LogP contribution < -0.4 is 10.6 Å². The van der Waals surface area contributed by atoms with Crippen molar-refractivity contribution in [2.45, 2.75) is 26.4 Å². The minimum Gasteiger partial charge on any atom is -0.386 e. The van der Waals surface area contributed by atoms with Crippen LogP contribution >= 0.6 is 35.6 Å². The molecule has 0 aliphatic rings. The van der Waals surface area contributed by atoms with Gasteiger partial charge in [-0.2, -0.15) is 0 Å². The summed E-state index contributed by atoms with van der Waals surface area (Å²) in [5.74, 6) is 0.701. The summed E-state index contributed by atoms with van der Waals surface area (Å²) in [4.78, 5) is 4.40. The van der Waals surface area contributed by atoms with Crippen molar-refractivity contribution in [1.82, 2.24) is 10.6 Å². The van der Waals surface area contributed by atoms with Crippen LogP contribution in [-0.2, 0) is 4.74 Å². The first-order valence-corrected chi connectivity index (χ1v) is 8.08. The lowest BCUT2D eigenvalue weighted by molar-refractivity contribution is 0.145. The zero-order valence-corrected chi connectivity index (χ0v) is 16.8. The van der Waals surface area contributed by atoms with Crippen LogP contribution in [0.2, 0.25) is 5.02 Å². The highest BCUT2D eigenvalue weighted by Crippen LogP contribution is 2.16. The van der Waals surface area contributed by atoms with Gasteiger partial charge in [-0.1, -0.05) is 23.7 Å². The number of hydrogen-bond acceptors (Lipinski definition) is 3. The van der Waals surface area contributed by atoms with E-state index in [0.29, 0.717) is 17.5 Å². The van der Waals surface area contributed by atoms with E-state index in [-0.39, 0.29) is 24.0 Å². The Bertz CT molecular complexity index is 443. The third-order valence-electron chi connectivity index (χ3n) is 2.98. The van der Waals surface area contributed by atoms with Gasteiger partial charge < -0.3 is 20.5 Å². The van der Waals surface area contributed by atoms with E-state index in [1.54, 1.807) is 12.1 Å². The first kappa shape index (κ1) is 22.4. The molecule has 3 N–H and O–H groups in total. The van der Waals surface area contributed by atoms with Gasteiger partial charge in [-0.05, 0) is 38.0 Å². The van der Waals surface area contributed by atoms with Crippen molar-refractivity contribution in [2.24, 2.45) is 4.99 Å². The number of aliphatic hydroxyl groups is 1. The monoisotopic (exact) mass is 455 g/mol. The molecule has 23 heavy (non-hydrogen) atoms. The van der Waals surface area contributed by atoms with Crippen LogP contribution in [0, 0.1) is 0 Å². The van der Waals surface area contributed by atoms with Crippen LogP contribution in [0.5, 0.6) is 0 Å². The summed E-state index contributed by atoms with van der Waals surface area (Å²) in [6.45, 7) is 7.31. The number of rotatable bonds is 9. The fraction of sp³-hybridized carbons (Fsp3) is 0.562. The minimum atomic E-state index is -0.642. The van der Waals surface area contributed by atoms with Gasteiger partial charge in [-0.15, -0.1) is 24.0 Å². The summed E-state index contributed by atoms with van der Waals surface area (Å²) in [5, 5.41) is 17.2. The van der Waals surface area contributed by atoms with Crippen LogP contribution in [0.15, 0.2) is 29.3 Å². The molecule has 0 heterocycles. The molecule has 132 valence electrons. The molecule has 5 nitrogen and oxygen atoms in total. The lowest BCUT2D eigenvalue weighted by atomic mass is 10.1. The lowest BCUT2D eigenvalue weighted by Crippen LogP contribution is -2.38. The molecule has 0 bridgehead atoms. The van der Waals surface area contributed by atoms with E-state index in [4.69, 9.17) is 16.3 Å². The van der Waals surface area contributed by atoms with E-state index in [0.717, 1.165) is 38.3 Å². The number of ether oxygens (including phenoxy) is 1. The highest BCUT2D eigenvalue weighted by atomic mass is 127. The van der Waals surface area contributed by atoms with Crippen LogP contribution in [-0.4, -0.2) is 43.9 Å². The van der Waals surface area contributed by atoms with Gasteiger partial charge >= 0.3 is 0 Å². The summed E-state index contributed by atoms with van der Waals surface area (Å²) in [5.41, 5.74) is 0.806. The molecule has 1 unspecified atom stereocenters. The van der Waals surface area contributed by atoms with Crippen molar-refractivity contribution in [1.29, 1.82) is 0 Å². The second-order valence-electron chi connectivity index (χ2n) is 4.76. The number of nitrogens with one attached hydrogen (secondary N) is 2. The Morgan fingerprint density at radius 3 is 2.57 bits per heavy atom. The number of nitrogens with zero attached hydrogens (tertiary/aromatic N) is 1. The molecular weight excluding hydrogens is 429 g/mol. The van der Waals surface area contributed by atoms with Crippen molar-refractivity contribution in [2.75, 3.05) is 32.8 Å². The van der Waals surface area contributed by atoms with E-state index in [2.05, 4.69) is 15.6 Å². The molecule has 0 saturated carbocycles. The fourth-order valence-corrected chi connectivity index (χ4v) is 1.96. The Morgan fingerprint density at radius 2 is 1.96 bits per heavy atom. The predicted octanol–water partition coefficient (Wildman–Crippen LogP) is 2.97. The quantitative estimate of drug-likeness (QED) is 0.232. The van der Waals surface area contributed by atoms with Crippen LogP contribution in [0.1, 0.15) is 31.9 Å². The van der Waals surface area contributed by atoms with Gasteiger partial charge in [0.25, 0.3) is 0 Å². The summed E-state index contributed by atoms with van der Waals surface area (Å²) in [7, 11) is 0. The van der Waals surface area contributed by atoms with Crippen molar-refractivity contribution in [3.8, 4) is 0 Å². The Balaban J connectivity index is 0.00000484. The second-order valence-corrected chi connectivity index (χ2v) is 5.20. The maximum Gasteiger partial charge on any atom is 0.191 e. The standard InChI is InChI=1S/C16H26ClN3O2.HI/c1-3-18-16(19-10-5-11-22-4-2)20-12-15(21)13-6-8-14(17)9-7-13;/h6-9,15,21H,3-5,10-12H2,1-2H3,(H2,18,19,20);1H. The van der Waals surface area contributed by atoms with E-state index >= 15 is 0 Å². The Labute approximate surface area is 160 Å². The van der Waals surface area contributed by atoms with Gasteiger partial charge in [-0.3, -0.25) is 4.99 Å². The number of hydrogen-bond donors (Lipinski definition) is 3. The molecule has 0 fully saturated rings. The molecule has 0 aromatic heterocycles. The number of halogens is 2. The molecule has 1 aromatic carbocycles. The van der Waals surface area contributed by atoms with Crippen molar-refractivity contribution in [3.05, 3.63) is 34.9 Å². The normalized spacial score (nSPS) is 12.4. The maximum atomic E-state index is 10.1. The van der Waals surface area contributed by atoms with Crippen LogP contribution in [0.25, 0.3) is 0 Å². The van der Waals surface area contributed by atoms with Gasteiger partial charge in [0.2, 0.25) is 0 Å². The molecule has 0 amide bonds. The van der Waals surface area contributed by atoms with Gasteiger partial charge in [0, 0.05) is 31.3 Å². The van der Waals surface area contributed by atoms with E-state index in [1.165, 1.54) is 0 Å². The number of benzene rings is 1. The van der Waals surface area contributed by atoms with E-state index in [9.17, 15) is 5.11 Å². The molecule has 0 radical (unpaired) electrons. The van der Waals surface area contributed by atoms with Crippen molar-refractivity contribution < 1.29 is 9.84 Å². The molecule has 1 aromatic rings. The van der Waals surface area contributed by atoms with Crippen molar-refractivity contribution in [3.63, 3.8) is 0 Å². The molecule has 1 rings (SSSR count). The number of aliphatic imine (C=N–C) groups is 1. The molecule has 0 saturated heterocycles. The average Bonchev–Trinajstić information content (AvgIpc) is 2.52. The second kappa shape index (κ2) is 13.8. The Morgan fingerprint density at radius 1 is 1.26 bits per heavy atom. The molecule has 1 atom stereocenters. The Hall–Kier alpha value is -0.570. The highest BCUT2D eigenvalue weighted by Gasteiger charge is 2.07. The highest BCUT2D eigenvalue weighted by molar-refractivity contribution is 14.0. The third-order valence-corrected chi connectivity index (χ3v) is 3.24. The summed E-state index contributed by atoms with van der Waals surface area (Å²) < 4.78 is 5.29. The van der Waals surface area contributed by atoms with E-state index < -0.39 is 6.10 Å². The lowest BCUT2D eigenvalue weighted by Gasteiger charge is -2.13. The molecule has 0 spiro atoms. The molecule has 0 aliphatic heterocycles. The van der Waals surface area contributed by atoms with Crippen molar-refractivity contribution >= 4 is 41.5 Å². The number of aliphatic hydroxyl groups excluding tert-OH is 1. The first-order valence-electron chi connectivity index (χ1n) is 7.70. The smallest absolute Gasteiger partial charge is 0.191 e. The topological polar surface area (TPSA) is 65.9 Å². The largest absolute Gasteiger partial charge is 0.386 e. The maximum absolute atomic E-state index is 10.1. The molecule has 0 aliphatic carbocycles. The zero-order valence-electron chi connectivity index (χ0n) is 13.7. The average molecular weight is 456 g/mol. The van der Waals surface area contributed by atoms with Gasteiger partial charge in [0.05, 0.1) is 12.6 Å². The van der Waals surface area contributed by atoms with E-state index in [1.807, 2.05) is 26.0 Å². The van der Waals surface area contributed by atoms with Crippen LogP contribution in [0.3, 0.4) is 0 Å². The summed E-state index contributed by atoms with van der Waals surface area (Å²) in [6, 6.07) is 7.15. The SMILES string of the molecule is CCNC(=NCC(O)c1ccc(Cl)cc1)NCCCOCC.I. The van der Waals surface area contributed by atoms with Gasteiger partial charge in [0.1, 0.15) is 0 Å². The minimum absolute atomic E-state index is 0. The molecule has 7 heteroatoms. The first-order chi connectivity index (χ1) is 10.7. The van der Waals surface area contributed by atoms with Crippen LogP contribution in [0.4, 0.5) is 0 Å². The van der Waals surface area contributed by atoms with Gasteiger partial charge in [-0.25, -0.2) is 0 Å². The van der Waals surface area contributed by atoms with Gasteiger partial charge in [0.15, 0.2) is 5.96 Å². The number of guanidine groups is 1. The fourth-order valence-electron chi connectivity index (χ4n) is 1.84. The summed E-state index contributed by atoms with van der Waals surface area (Å²) in [6.07, 6.45) is 0.272. The predicted molar refractivity (Wildman–Crippen MR) is 107 cm³/mol. The summed E-state index contributed by atoms with van der Waals surface area (Å²) >= 11 is 5.84. The zero-order chi connectivity index (χ0) is 16.2. The Kier molecular flexibility index (Phi) is 13.5. The third kappa shape index (κ3) is 10.0. The molecular formula is C16H27ClIN3O2.